The molecule has 8 heteroatoms. The van der Waals surface area contributed by atoms with Crippen LogP contribution in [0.4, 0.5) is 13.2 Å². The van der Waals surface area contributed by atoms with Crippen LogP contribution >= 0.6 is 11.6 Å². The van der Waals surface area contributed by atoms with E-state index in [1.54, 1.807) is 12.3 Å². The number of benzene rings is 2. The molecule has 2 heterocycles. The molecule has 0 saturated carbocycles. The first kappa shape index (κ1) is 21.3. The summed E-state index contributed by atoms with van der Waals surface area (Å²) >= 11 is 5.52. The van der Waals surface area contributed by atoms with Crippen molar-refractivity contribution < 1.29 is 22.8 Å². The Morgan fingerprint density at radius 2 is 1.77 bits per heavy atom. The zero-order valence-electron chi connectivity index (χ0n) is 16.4. The number of amides is 1. The zero-order chi connectivity index (χ0) is 22.1. The van der Waals surface area contributed by atoms with Crippen LogP contribution < -0.4 is 0 Å². The minimum absolute atomic E-state index is 0.0919. The maximum absolute atomic E-state index is 13.9. The summed E-state index contributed by atoms with van der Waals surface area (Å²) in [5.74, 6) is -3.46. The average Bonchev–Trinajstić information content (AvgIpc) is 2.76. The summed E-state index contributed by atoms with van der Waals surface area (Å²) in [5, 5.41) is 0.356. The van der Waals surface area contributed by atoms with Crippen LogP contribution in [0, 0.1) is 17.5 Å². The van der Waals surface area contributed by atoms with E-state index in [0.717, 1.165) is 23.1 Å². The Morgan fingerprint density at radius 3 is 2.52 bits per heavy atom. The van der Waals surface area contributed by atoms with Gasteiger partial charge in [0.25, 0.3) is 5.91 Å². The quantitative estimate of drug-likeness (QED) is 0.426. The van der Waals surface area contributed by atoms with E-state index in [0.29, 0.717) is 31.4 Å². The van der Waals surface area contributed by atoms with Crippen LogP contribution in [0.25, 0.3) is 10.9 Å². The Balaban J connectivity index is 1.43. The second-order valence-electron chi connectivity index (χ2n) is 7.59. The van der Waals surface area contributed by atoms with Crippen molar-refractivity contribution in [1.82, 2.24) is 9.88 Å². The van der Waals surface area contributed by atoms with E-state index in [2.05, 4.69) is 4.98 Å². The molecule has 0 aliphatic carbocycles. The summed E-state index contributed by atoms with van der Waals surface area (Å²) in [6, 6.07) is 7.93. The zero-order valence-corrected chi connectivity index (χ0v) is 17.1. The minimum atomic E-state index is -0.847. The molecule has 160 valence electrons. The lowest BCUT2D eigenvalue weighted by atomic mass is 9.87. The third kappa shape index (κ3) is 4.42. The van der Waals surface area contributed by atoms with Crippen molar-refractivity contribution in [2.45, 2.75) is 25.2 Å². The maximum atomic E-state index is 13.9. The molecule has 1 aliphatic heterocycles. The summed E-state index contributed by atoms with van der Waals surface area (Å²) in [6.07, 6.45) is 2.33. The number of fused-ring (bicyclic) bond motifs is 1. The van der Waals surface area contributed by atoms with Gasteiger partial charge in [0.2, 0.25) is 5.78 Å². The number of Topliss-reactive ketones (excluding diaryl/α,β-unsaturated/α-hetero) is 1. The summed E-state index contributed by atoms with van der Waals surface area (Å²) < 4.78 is 41.2. The second-order valence-corrected chi connectivity index (χ2v) is 7.99. The van der Waals surface area contributed by atoms with Gasteiger partial charge in [0.05, 0.1) is 10.5 Å². The molecule has 0 N–H and O–H groups in total. The highest BCUT2D eigenvalue weighted by molar-refractivity contribution is 6.36. The molecular weight excluding hydrogens is 429 g/mol. The van der Waals surface area contributed by atoms with Crippen molar-refractivity contribution in [2.24, 2.45) is 0 Å². The summed E-state index contributed by atoms with van der Waals surface area (Å²) in [5.41, 5.74) is 1.45. The van der Waals surface area contributed by atoms with E-state index in [9.17, 15) is 22.8 Å². The van der Waals surface area contributed by atoms with Crippen LogP contribution in [-0.2, 0) is 16.0 Å². The number of likely N-dealkylation sites (tertiary alicyclic amines) is 1. The van der Waals surface area contributed by atoms with E-state index < -0.39 is 29.7 Å². The molecule has 1 amide bonds. The second kappa shape index (κ2) is 8.67. The fourth-order valence-corrected chi connectivity index (χ4v) is 4.16. The number of aromatic nitrogens is 1. The van der Waals surface area contributed by atoms with E-state index >= 15 is 0 Å². The van der Waals surface area contributed by atoms with Crippen LogP contribution in [0.1, 0.15) is 29.9 Å². The fourth-order valence-electron chi connectivity index (χ4n) is 4.01. The number of hydrogen-bond donors (Lipinski definition) is 0. The van der Waals surface area contributed by atoms with Gasteiger partial charge in [0.1, 0.15) is 17.5 Å². The van der Waals surface area contributed by atoms with Gasteiger partial charge in [0.15, 0.2) is 0 Å². The SMILES string of the molecule is O=C(Cc1cc(F)c(Cl)cc1F)C(=O)N1CCC(c2ccnc3ccc(F)cc23)CC1. The van der Waals surface area contributed by atoms with Crippen LogP contribution in [0.3, 0.4) is 0 Å². The van der Waals surface area contributed by atoms with Gasteiger partial charge in [-0.3, -0.25) is 14.6 Å². The Labute approximate surface area is 181 Å². The molecule has 1 aromatic heterocycles. The average molecular weight is 447 g/mol. The largest absolute Gasteiger partial charge is 0.336 e. The van der Waals surface area contributed by atoms with Crippen LogP contribution in [0.5, 0.6) is 0 Å². The van der Waals surface area contributed by atoms with E-state index in [-0.39, 0.29) is 22.3 Å². The van der Waals surface area contributed by atoms with Crippen LogP contribution in [-0.4, -0.2) is 34.7 Å². The molecule has 4 nitrogen and oxygen atoms in total. The number of nitrogens with zero attached hydrogens (tertiary/aromatic N) is 2. The first-order chi connectivity index (χ1) is 14.8. The molecule has 2 aromatic carbocycles. The molecule has 31 heavy (non-hydrogen) atoms. The number of halogens is 4. The lowest BCUT2D eigenvalue weighted by Gasteiger charge is -2.32. The van der Waals surface area contributed by atoms with E-state index in [1.165, 1.54) is 17.0 Å². The van der Waals surface area contributed by atoms with Gasteiger partial charge in [-0.15, -0.1) is 0 Å². The van der Waals surface area contributed by atoms with Gasteiger partial charge < -0.3 is 4.90 Å². The topological polar surface area (TPSA) is 50.3 Å². The standard InChI is InChI=1S/C23H18ClF3N2O2/c24-18-12-19(26)14(9-20(18)27)10-22(30)23(31)29-7-4-13(5-8-29)16-3-6-28-21-2-1-15(25)11-17(16)21/h1-3,6,9,11-13H,4-5,7-8,10H2. The van der Waals surface area contributed by atoms with Gasteiger partial charge in [-0.1, -0.05) is 11.6 Å². The first-order valence-corrected chi connectivity index (χ1v) is 10.2. The molecule has 0 bridgehead atoms. The van der Waals surface area contributed by atoms with Crippen molar-refractivity contribution >= 4 is 34.2 Å². The predicted octanol–water partition coefficient (Wildman–Crippen LogP) is 4.82. The molecule has 3 aromatic rings. The molecule has 0 atom stereocenters. The third-order valence-electron chi connectivity index (χ3n) is 5.64. The van der Waals surface area contributed by atoms with Crippen LogP contribution in [0.2, 0.25) is 5.02 Å². The monoisotopic (exact) mass is 446 g/mol. The lowest BCUT2D eigenvalue weighted by molar-refractivity contribution is -0.145. The number of piperidine rings is 1. The third-order valence-corrected chi connectivity index (χ3v) is 5.93. The van der Waals surface area contributed by atoms with Gasteiger partial charge in [-0.2, -0.15) is 0 Å². The maximum Gasteiger partial charge on any atom is 0.290 e. The Hall–Kier alpha value is -2.93. The number of carbonyl (C=O) groups is 2. The Bertz CT molecular complexity index is 1180. The van der Waals surface area contributed by atoms with E-state index in [1.807, 2.05) is 6.07 Å². The number of carbonyl (C=O) groups excluding carboxylic acids is 2. The van der Waals surface area contributed by atoms with Gasteiger partial charge in [-0.05, 0) is 66.3 Å². The number of pyridine rings is 1. The molecule has 0 radical (unpaired) electrons. The highest BCUT2D eigenvalue weighted by Crippen LogP contribution is 2.33. The Morgan fingerprint density at radius 1 is 1.03 bits per heavy atom. The first-order valence-electron chi connectivity index (χ1n) is 9.83. The molecule has 1 aliphatic rings. The molecule has 1 saturated heterocycles. The number of ketones is 1. The fraction of sp³-hybridized carbons (Fsp3) is 0.261. The van der Waals surface area contributed by atoms with Gasteiger partial charge in [-0.25, -0.2) is 13.2 Å². The summed E-state index contributed by atoms with van der Waals surface area (Å²) in [4.78, 5) is 30.6. The smallest absolute Gasteiger partial charge is 0.290 e. The molecule has 1 fully saturated rings. The molecule has 0 unspecified atom stereocenters. The minimum Gasteiger partial charge on any atom is -0.336 e. The molecule has 4 rings (SSSR count). The van der Waals surface area contributed by atoms with Crippen molar-refractivity contribution in [1.29, 1.82) is 0 Å². The summed E-state index contributed by atoms with van der Waals surface area (Å²) in [6.45, 7) is 0.678. The van der Waals surface area contributed by atoms with Crippen LogP contribution in [0.15, 0.2) is 42.6 Å². The Kier molecular flexibility index (Phi) is 5.96. The predicted molar refractivity (Wildman–Crippen MR) is 110 cm³/mol. The normalized spacial score (nSPS) is 14.8. The lowest BCUT2D eigenvalue weighted by Crippen LogP contribution is -2.42. The summed E-state index contributed by atoms with van der Waals surface area (Å²) in [7, 11) is 0. The van der Waals surface area contributed by atoms with E-state index in [4.69, 9.17) is 11.6 Å². The van der Waals surface area contributed by atoms with Gasteiger partial charge in [0, 0.05) is 31.1 Å². The van der Waals surface area contributed by atoms with Gasteiger partial charge >= 0.3 is 0 Å². The highest BCUT2D eigenvalue weighted by atomic mass is 35.5. The number of hydrogen-bond acceptors (Lipinski definition) is 3. The number of rotatable bonds is 4. The van der Waals surface area contributed by atoms with Crippen molar-refractivity contribution in [3.05, 3.63) is 76.2 Å². The van der Waals surface area contributed by atoms with Crippen molar-refractivity contribution in [2.75, 3.05) is 13.1 Å². The van der Waals surface area contributed by atoms with Crippen molar-refractivity contribution in [3.63, 3.8) is 0 Å². The molecular formula is C23H18ClF3N2O2. The van der Waals surface area contributed by atoms with Crippen molar-refractivity contribution in [3.8, 4) is 0 Å². The highest BCUT2D eigenvalue weighted by Gasteiger charge is 2.29. The molecule has 0 spiro atoms.